The average Bonchev–Trinajstić information content (AvgIpc) is 2.46. The van der Waals surface area contributed by atoms with Crippen LogP contribution in [-0.4, -0.2) is 24.8 Å². The lowest BCUT2D eigenvalue weighted by molar-refractivity contribution is 0.872. The highest BCUT2D eigenvalue weighted by Gasteiger charge is 2.23. The van der Waals surface area contributed by atoms with Gasteiger partial charge in [-0.05, 0) is 41.2 Å². The molecule has 0 unspecified atom stereocenters. The van der Waals surface area contributed by atoms with E-state index >= 15 is 0 Å². The smallest absolute Gasteiger partial charge is 0.109 e. The first kappa shape index (κ1) is 15.1. The predicted octanol–water partition coefficient (Wildman–Crippen LogP) is 5.21. The number of para-hydroxylation sites is 1. The van der Waals surface area contributed by atoms with Gasteiger partial charge in [0.15, 0.2) is 0 Å². The van der Waals surface area contributed by atoms with Crippen molar-refractivity contribution in [3.8, 4) is 0 Å². The molecule has 1 heterocycles. The molecule has 1 aliphatic rings. The van der Waals surface area contributed by atoms with Crippen molar-refractivity contribution in [3.05, 3.63) is 47.5 Å². The molecule has 0 amide bonds. The normalized spacial score (nSPS) is 13.2. The van der Waals surface area contributed by atoms with Gasteiger partial charge in [0.1, 0.15) is 5.75 Å². The number of nitrogens with zero attached hydrogens (tertiary/aromatic N) is 1. The maximum absolute atomic E-state index is 6.22. The van der Waals surface area contributed by atoms with Gasteiger partial charge in [0.25, 0.3) is 0 Å². The number of anilines is 2. The van der Waals surface area contributed by atoms with Crippen molar-refractivity contribution in [1.29, 1.82) is 0 Å². The molecule has 0 saturated carbocycles. The van der Waals surface area contributed by atoms with E-state index in [0.717, 1.165) is 11.6 Å². The summed E-state index contributed by atoms with van der Waals surface area (Å²) >= 11 is 8.06. The molecule has 4 heteroatoms. The molecular weight excluding hydrogens is 318 g/mol. The van der Waals surface area contributed by atoms with Gasteiger partial charge in [0, 0.05) is 27.8 Å². The molecule has 0 bridgehead atoms. The average molecular weight is 337 g/mol. The first-order chi connectivity index (χ1) is 10.1. The zero-order valence-corrected chi connectivity index (χ0v) is 14.7. The summed E-state index contributed by atoms with van der Waals surface area (Å²) in [5, 5.41) is 0.810. The van der Waals surface area contributed by atoms with E-state index in [9.17, 15) is 0 Å². The Labute approximate surface area is 139 Å². The van der Waals surface area contributed by atoms with Gasteiger partial charge in [-0.1, -0.05) is 35.5 Å². The third kappa shape index (κ3) is 3.36. The lowest BCUT2D eigenvalue weighted by Crippen LogP contribution is -2.23. The van der Waals surface area contributed by atoms with Crippen LogP contribution in [0.3, 0.4) is 0 Å². The Bertz CT molecular complexity index is 642. The molecule has 1 aliphatic heterocycles. The molecule has 0 fully saturated rings. The SMILES string of the molecule is C[S+](C)CCCN1c2ccccc2Sc2ccc(Cl)cc21. The molecule has 110 valence electrons. The highest BCUT2D eigenvalue weighted by molar-refractivity contribution is 7.99. The van der Waals surface area contributed by atoms with Crippen LogP contribution in [0.15, 0.2) is 52.3 Å². The zero-order valence-electron chi connectivity index (χ0n) is 12.3. The van der Waals surface area contributed by atoms with Gasteiger partial charge in [-0.15, -0.1) is 0 Å². The molecule has 1 nitrogen and oxygen atoms in total. The van der Waals surface area contributed by atoms with Crippen LogP contribution in [0.2, 0.25) is 5.02 Å². The van der Waals surface area contributed by atoms with Gasteiger partial charge in [-0.25, -0.2) is 0 Å². The second-order valence-corrected chi connectivity index (χ2v) is 9.28. The summed E-state index contributed by atoms with van der Waals surface area (Å²) in [5.74, 6) is 1.28. The zero-order chi connectivity index (χ0) is 14.8. The summed E-state index contributed by atoms with van der Waals surface area (Å²) in [6.45, 7) is 1.05. The molecule has 0 N–H and O–H groups in total. The van der Waals surface area contributed by atoms with E-state index in [4.69, 9.17) is 11.6 Å². The standard InChI is InChI=1S/C17H19ClNS2/c1-21(2)11-5-10-19-14-6-3-4-7-16(14)20-17-9-8-13(18)12-15(17)19/h3-4,6-9,12H,5,10-11H2,1-2H3/q+1. The third-order valence-corrected chi connectivity index (χ3v) is 5.99. The Hall–Kier alpha value is -0.770. The molecule has 0 radical (unpaired) electrons. The summed E-state index contributed by atoms with van der Waals surface area (Å²) in [6.07, 6.45) is 5.83. The number of rotatable bonds is 4. The van der Waals surface area contributed by atoms with E-state index in [1.165, 1.54) is 33.3 Å². The lowest BCUT2D eigenvalue weighted by Gasteiger charge is -2.32. The van der Waals surface area contributed by atoms with Crippen LogP contribution in [0.25, 0.3) is 0 Å². The Morgan fingerprint density at radius 1 is 1.05 bits per heavy atom. The minimum Gasteiger partial charge on any atom is -0.339 e. The molecule has 3 rings (SSSR count). The number of fused-ring (bicyclic) bond motifs is 2. The van der Waals surface area contributed by atoms with E-state index in [1.54, 1.807) is 0 Å². The second kappa shape index (κ2) is 6.55. The minimum absolute atomic E-state index is 0.502. The molecule has 2 aromatic carbocycles. The number of halogens is 1. The Morgan fingerprint density at radius 2 is 1.81 bits per heavy atom. The van der Waals surface area contributed by atoms with E-state index < -0.39 is 0 Å². The molecule has 0 spiro atoms. The van der Waals surface area contributed by atoms with Crippen molar-refractivity contribution >= 4 is 45.6 Å². The summed E-state index contributed by atoms with van der Waals surface area (Å²) in [6, 6.07) is 14.9. The predicted molar refractivity (Wildman–Crippen MR) is 97.7 cm³/mol. The maximum atomic E-state index is 6.22. The van der Waals surface area contributed by atoms with Crippen molar-refractivity contribution in [1.82, 2.24) is 0 Å². The van der Waals surface area contributed by atoms with Crippen LogP contribution in [0.1, 0.15) is 6.42 Å². The first-order valence-electron chi connectivity index (χ1n) is 7.03. The fraction of sp³-hybridized carbons (Fsp3) is 0.294. The maximum Gasteiger partial charge on any atom is 0.109 e. The summed E-state index contributed by atoms with van der Waals surface area (Å²) in [4.78, 5) is 5.06. The Kier molecular flexibility index (Phi) is 4.72. The fourth-order valence-electron chi connectivity index (χ4n) is 2.55. The first-order valence-corrected chi connectivity index (χ1v) is 10.4. The lowest BCUT2D eigenvalue weighted by atomic mass is 10.2. The van der Waals surface area contributed by atoms with Gasteiger partial charge >= 0.3 is 0 Å². The van der Waals surface area contributed by atoms with Crippen molar-refractivity contribution in [2.45, 2.75) is 16.2 Å². The van der Waals surface area contributed by atoms with Gasteiger partial charge in [-0.2, -0.15) is 0 Å². The van der Waals surface area contributed by atoms with Crippen molar-refractivity contribution in [3.63, 3.8) is 0 Å². The van der Waals surface area contributed by atoms with E-state index in [0.29, 0.717) is 10.9 Å². The number of benzene rings is 2. The van der Waals surface area contributed by atoms with Gasteiger partial charge in [-0.3, -0.25) is 0 Å². The van der Waals surface area contributed by atoms with Crippen molar-refractivity contribution < 1.29 is 0 Å². The summed E-state index contributed by atoms with van der Waals surface area (Å²) < 4.78 is 0. The summed E-state index contributed by atoms with van der Waals surface area (Å²) in [5.41, 5.74) is 2.56. The largest absolute Gasteiger partial charge is 0.339 e. The molecule has 0 atom stereocenters. The van der Waals surface area contributed by atoms with Gasteiger partial charge in [0.05, 0.1) is 23.9 Å². The molecular formula is C17H19ClNS2+. The molecule has 0 saturated heterocycles. The van der Waals surface area contributed by atoms with Crippen LogP contribution >= 0.6 is 23.4 Å². The van der Waals surface area contributed by atoms with Crippen LogP contribution < -0.4 is 4.90 Å². The van der Waals surface area contributed by atoms with Crippen LogP contribution in [0.5, 0.6) is 0 Å². The minimum atomic E-state index is 0.502. The number of hydrogen-bond acceptors (Lipinski definition) is 2. The Morgan fingerprint density at radius 3 is 2.62 bits per heavy atom. The van der Waals surface area contributed by atoms with E-state index in [1.807, 2.05) is 17.8 Å². The van der Waals surface area contributed by atoms with E-state index in [-0.39, 0.29) is 0 Å². The third-order valence-electron chi connectivity index (χ3n) is 3.52. The van der Waals surface area contributed by atoms with Gasteiger partial charge < -0.3 is 4.90 Å². The van der Waals surface area contributed by atoms with Crippen molar-refractivity contribution in [2.24, 2.45) is 0 Å². The molecule has 0 aliphatic carbocycles. The second-order valence-electron chi connectivity index (χ2n) is 5.38. The topological polar surface area (TPSA) is 3.24 Å². The van der Waals surface area contributed by atoms with E-state index in [2.05, 4.69) is 53.8 Å². The van der Waals surface area contributed by atoms with Crippen LogP contribution in [0, 0.1) is 0 Å². The van der Waals surface area contributed by atoms with Gasteiger partial charge in [0.2, 0.25) is 0 Å². The molecule has 2 aromatic rings. The molecule has 21 heavy (non-hydrogen) atoms. The fourth-order valence-corrected chi connectivity index (χ4v) is 4.50. The highest BCUT2D eigenvalue weighted by Crippen LogP contribution is 2.48. The molecule has 0 aromatic heterocycles. The quantitative estimate of drug-likeness (QED) is 0.705. The summed E-state index contributed by atoms with van der Waals surface area (Å²) in [7, 11) is 0.502. The van der Waals surface area contributed by atoms with Crippen LogP contribution in [0.4, 0.5) is 11.4 Å². The monoisotopic (exact) mass is 336 g/mol. The highest BCUT2D eigenvalue weighted by atomic mass is 35.5. The van der Waals surface area contributed by atoms with Crippen LogP contribution in [-0.2, 0) is 10.9 Å². The number of hydrogen-bond donors (Lipinski definition) is 0. The Balaban J connectivity index is 1.94. The van der Waals surface area contributed by atoms with Crippen molar-refractivity contribution in [2.75, 3.05) is 29.7 Å².